The fraction of sp³-hybridized carbons (Fsp3) is 0.333. The quantitative estimate of drug-likeness (QED) is 0.720. The Morgan fingerprint density at radius 3 is 2.44 bits per heavy atom. The first kappa shape index (κ1) is 19.3. The van der Waals surface area contributed by atoms with E-state index in [-0.39, 0.29) is 18.4 Å². The van der Waals surface area contributed by atoms with Crippen LogP contribution in [-0.2, 0) is 11.3 Å². The summed E-state index contributed by atoms with van der Waals surface area (Å²) < 4.78 is 0. The monoisotopic (exact) mass is 383 g/mol. The molecule has 1 saturated heterocycles. The predicted molar refractivity (Wildman–Crippen MR) is 110 cm³/mol. The number of hydrogen-bond acceptors (Lipinski definition) is 4. The van der Waals surface area contributed by atoms with E-state index in [9.17, 15) is 9.59 Å². The first-order chi connectivity index (χ1) is 13.2. The molecule has 2 N–H and O–H groups in total. The van der Waals surface area contributed by atoms with Crippen LogP contribution < -0.4 is 10.6 Å². The Hall–Kier alpha value is -2.47. The molecule has 2 aromatic rings. The van der Waals surface area contributed by atoms with E-state index in [0.29, 0.717) is 12.1 Å². The van der Waals surface area contributed by atoms with Gasteiger partial charge in [-0.1, -0.05) is 24.3 Å². The molecule has 2 amide bonds. The Morgan fingerprint density at radius 1 is 1.04 bits per heavy atom. The molecule has 5 nitrogen and oxygen atoms in total. The summed E-state index contributed by atoms with van der Waals surface area (Å²) in [5.74, 6) is 0.0304. The highest BCUT2D eigenvalue weighted by Crippen LogP contribution is 2.24. The van der Waals surface area contributed by atoms with Crippen LogP contribution in [0.2, 0.25) is 0 Å². The van der Waals surface area contributed by atoms with Gasteiger partial charge in [0.25, 0.3) is 5.91 Å². The van der Waals surface area contributed by atoms with Crippen molar-refractivity contribution in [3.05, 3.63) is 59.7 Å². The topological polar surface area (TPSA) is 61.4 Å². The van der Waals surface area contributed by atoms with Crippen LogP contribution in [0.1, 0.15) is 28.8 Å². The Kier molecular flexibility index (Phi) is 6.76. The molecular weight excluding hydrogens is 358 g/mol. The largest absolute Gasteiger partial charge is 0.375 e. The number of hydrogen-bond donors (Lipinski definition) is 2. The van der Waals surface area contributed by atoms with Gasteiger partial charge in [0.1, 0.15) is 0 Å². The lowest BCUT2D eigenvalue weighted by atomic mass is 10.1. The second-order valence-electron chi connectivity index (χ2n) is 6.53. The maximum absolute atomic E-state index is 12.3. The second-order valence-corrected chi connectivity index (χ2v) is 7.37. The third kappa shape index (κ3) is 5.26. The summed E-state index contributed by atoms with van der Waals surface area (Å²) in [4.78, 5) is 27.5. The molecule has 27 heavy (non-hydrogen) atoms. The van der Waals surface area contributed by atoms with Crippen LogP contribution in [-0.4, -0.2) is 42.6 Å². The molecule has 0 aromatic heterocycles. The minimum Gasteiger partial charge on any atom is -0.375 e. The van der Waals surface area contributed by atoms with Crippen LogP contribution in [0.3, 0.4) is 0 Å². The summed E-state index contributed by atoms with van der Waals surface area (Å²) in [6.07, 6.45) is 4.19. The van der Waals surface area contributed by atoms with Crippen LogP contribution in [0.4, 0.5) is 5.69 Å². The molecule has 2 aromatic carbocycles. The fourth-order valence-corrected chi connectivity index (χ4v) is 3.67. The summed E-state index contributed by atoms with van der Waals surface area (Å²) in [5.41, 5.74) is 2.65. The number of carbonyl (C=O) groups excluding carboxylic acids is 2. The number of carbonyl (C=O) groups is 2. The Bertz CT molecular complexity index is 786. The molecule has 0 unspecified atom stereocenters. The van der Waals surface area contributed by atoms with E-state index in [2.05, 4.69) is 10.6 Å². The van der Waals surface area contributed by atoms with Gasteiger partial charge in [-0.3, -0.25) is 9.59 Å². The third-order valence-electron chi connectivity index (χ3n) is 4.63. The molecule has 142 valence electrons. The van der Waals surface area contributed by atoms with Crippen molar-refractivity contribution >= 4 is 29.3 Å². The molecule has 1 heterocycles. The molecule has 1 aliphatic rings. The molecule has 0 spiro atoms. The second kappa shape index (κ2) is 9.46. The number of nitrogens with zero attached hydrogens (tertiary/aromatic N) is 1. The maximum atomic E-state index is 12.3. The van der Waals surface area contributed by atoms with Crippen molar-refractivity contribution in [2.45, 2.75) is 24.3 Å². The van der Waals surface area contributed by atoms with Gasteiger partial charge in [0.05, 0.1) is 6.54 Å². The smallest absolute Gasteiger partial charge is 0.253 e. The van der Waals surface area contributed by atoms with Crippen molar-refractivity contribution in [2.75, 3.05) is 31.2 Å². The number of benzene rings is 2. The lowest BCUT2D eigenvalue weighted by Crippen LogP contribution is -2.29. The highest BCUT2D eigenvalue weighted by Gasteiger charge is 2.19. The number of para-hydroxylation sites is 1. The Balaban J connectivity index is 1.46. The molecule has 0 saturated carbocycles. The summed E-state index contributed by atoms with van der Waals surface area (Å²) in [5, 5.41) is 6.08. The molecule has 6 heteroatoms. The highest BCUT2D eigenvalue weighted by atomic mass is 32.2. The van der Waals surface area contributed by atoms with Gasteiger partial charge in [0, 0.05) is 35.8 Å². The van der Waals surface area contributed by atoms with E-state index in [1.165, 1.54) is 0 Å². The molecule has 0 atom stereocenters. The van der Waals surface area contributed by atoms with Crippen molar-refractivity contribution in [1.82, 2.24) is 10.2 Å². The summed E-state index contributed by atoms with van der Waals surface area (Å²) in [6, 6.07) is 15.4. The molecule has 0 radical (unpaired) electrons. The molecule has 0 bridgehead atoms. The standard InChI is InChI=1S/C21H25N3O2S/c1-27-19-7-3-2-6-18(19)22-15-20(25)23-14-16-8-10-17(11-9-16)21(26)24-12-4-5-13-24/h2-3,6-11,22H,4-5,12-15H2,1H3,(H,23,25). The minimum absolute atomic E-state index is 0.0666. The SMILES string of the molecule is CSc1ccccc1NCC(=O)NCc1ccc(C(=O)N2CCCC2)cc1. The highest BCUT2D eigenvalue weighted by molar-refractivity contribution is 7.98. The number of nitrogens with one attached hydrogen (secondary N) is 2. The van der Waals surface area contributed by atoms with Crippen LogP contribution in [0.15, 0.2) is 53.4 Å². The average Bonchev–Trinajstić information content (AvgIpc) is 3.25. The average molecular weight is 384 g/mol. The third-order valence-corrected chi connectivity index (χ3v) is 5.43. The van der Waals surface area contributed by atoms with Crippen molar-refractivity contribution in [2.24, 2.45) is 0 Å². The lowest BCUT2D eigenvalue weighted by Gasteiger charge is -2.15. The first-order valence-corrected chi connectivity index (χ1v) is 10.4. The zero-order valence-corrected chi connectivity index (χ0v) is 16.3. The number of thioether (sulfide) groups is 1. The van der Waals surface area contributed by atoms with Crippen LogP contribution in [0, 0.1) is 0 Å². The van der Waals surface area contributed by atoms with Crippen LogP contribution in [0.5, 0.6) is 0 Å². The van der Waals surface area contributed by atoms with Gasteiger partial charge in [0.2, 0.25) is 5.91 Å². The van der Waals surface area contributed by atoms with Crippen molar-refractivity contribution < 1.29 is 9.59 Å². The fourth-order valence-electron chi connectivity index (χ4n) is 3.10. The summed E-state index contributed by atoms with van der Waals surface area (Å²) in [6.45, 7) is 2.37. The first-order valence-electron chi connectivity index (χ1n) is 9.19. The van der Waals surface area contributed by atoms with E-state index in [1.54, 1.807) is 11.8 Å². The zero-order chi connectivity index (χ0) is 19.1. The lowest BCUT2D eigenvalue weighted by molar-refractivity contribution is -0.119. The van der Waals surface area contributed by atoms with Crippen molar-refractivity contribution in [3.8, 4) is 0 Å². The molecule has 1 aliphatic heterocycles. The number of anilines is 1. The molecule has 0 aliphatic carbocycles. The van der Waals surface area contributed by atoms with Gasteiger partial charge < -0.3 is 15.5 Å². The van der Waals surface area contributed by atoms with E-state index in [0.717, 1.165) is 42.1 Å². The van der Waals surface area contributed by atoms with Gasteiger partial charge in [-0.05, 0) is 48.9 Å². The van der Waals surface area contributed by atoms with E-state index in [1.807, 2.05) is 59.7 Å². The van der Waals surface area contributed by atoms with E-state index in [4.69, 9.17) is 0 Å². The van der Waals surface area contributed by atoms with Crippen LogP contribution >= 0.6 is 11.8 Å². The van der Waals surface area contributed by atoms with Gasteiger partial charge >= 0.3 is 0 Å². The Labute approximate surface area is 164 Å². The van der Waals surface area contributed by atoms with Gasteiger partial charge in [0.15, 0.2) is 0 Å². The normalized spacial score (nSPS) is 13.4. The molecule has 3 rings (SSSR count). The number of likely N-dealkylation sites (tertiary alicyclic amines) is 1. The summed E-state index contributed by atoms with van der Waals surface area (Å²) in [7, 11) is 0. The van der Waals surface area contributed by atoms with Crippen molar-refractivity contribution in [1.29, 1.82) is 0 Å². The van der Waals surface area contributed by atoms with Gasteiger partial charge in [-0.15, -0.1) is 11.8 Å². The molecular formula is C21H25N3O2S. The number of rotatable bonds is 7. The van der Waals surface area contributed by atoms with Crippen molar-refractivity contribution in [3.63, 3.8) is 0 Å². The van der Waals surface area contributed by atoms with Gasteiger partial charge in [-0.25, -0.2) is 0 Å². The summed E-state index contributed by atoms with van der Waals surface area (Å²) >= 11 is 1.64. The molecule has 1 fully saturated rings. The Morgan fingerprint density at radius 2 is 1.74 bits per heavy atom. The number of amides is 2. The van der Waals surface area contributed by atoms with Gasteiger partial charge in [-0.2, -0.15) is 0 Å². The maximum Gasteiger partial charge on any atom is 0.253 e. The van der Waals surface area contributed by atoms with Crippen LogP contribution in [0.25, 0.3) is 0 Å². The minimum atomic E-state index is -0.0666. The zero-order valence-electron chi connectivity index (χ0n) is 15.5. The predicted octanol–water partition coefficient (Wildman–Crippen LogP) is 3.37. The van der Waals surface area contributed by atoms with E-state index < -0.39 is 0 Å². The van der Waals surface area contributed by atoms with E-state index >= 15 is 0 Å².